The number of nitrogens with zero attached hydrogens (tertiary/aromatic N) is 3. The van der Waals surface area contributed by atoms with E-state index in [9.17, 15) is 4.39 Å². The van der Waals surface area contributed by atoms with Gasteiger partial charge in [0.2, 0.25) is 5.78 Å². The summed E-state index contributed by atoms with van der Waals surface area (Å²) in [6.07, 6.45) is 3.66. The summed E-state index contributed by atoms with van der Waals surface area (Å²) in [6, 6.07) is 14.3. The molecule has 0 amide bonds. The first-order valence-corrected chi connectivity index (χ1v) is 6.30. The van der Waals surface area contributed by atoms with Gasteiger partial charge >= 0.3 is 0 Å². The Morgan fingerprint density at radius 1 is 0.950 bits per heavy atom. The first-order chi connectivity index (χ1) is 9.81. The molecule has 0 spiro atoms. The predicted octanol–water partition coefficient (Wildman–Crippen LogP) is 3.69. The summed E-state index contributed by atoms with van der Waals surface area (Å²) >= 11 is 0. The molecular formula is C16H10FN3. The van der Waals surface area contributed by atoms with Crippen LogP contribution in [0.5, 0.6) is 0 Å². The summed E-state index contributed by atoms with van der Waals surface area (Å²) in [5, 5.41) is 0. The molecule has 0 aliphatic heterocycles. The molecule has 0 saturated carbocycles. The summed E-state index contributed by atoms with van der Waals surface area (Å²) in [6.45, 7) is 0. The third kappa shape index (κ3) is 1.66. The van der Waals surface area contributed by atoms with E-state index < -0.39 is 0 Å². The van der Waals surface area contributed by atoms with Crippen molar-refractivity contribution in [2.75, 3.05) is 0 Å². The molecule has 2 aromatic heterocycles. The number of imidazole rings is 1. The molecule has 4 rings (SSSR count). The Morgan fingerprint density at radius 3 is 2.75 bits per heavy atom. The van der Waals surface area contributed by atoms with Gasteiger partial charge in [0, 0.05) is 18.0 Å². The van der Waals surface area contributed by atoms with E-state index >= 15 is 0 Å². The molecule has 2 heterocycles. The molecule has 96 valence electrons. The number of halogens is 1. The number of aromatic nitrogens is 3. The molecule has 0 bridgehead atoms. The highest BCUT2D eigenvalue weighted by atomic mass is 19.1. The van der Waals surface area contributed by atoms with Gasteiger partial charge in [-0.25, -0.2) is 14.4 Å². The highest BCUT2D eigenvalue weighted by molar-refractivity contribution is 5.80. The molecule has 0 fully saturated rings. The molecule has 4 heteroatoms. The van der Waals surface area contributed by atoms with E-state index in [0.717, 1.165) is 22.2 Å². The summed E-state index contributed by atoms with van der Waals surface area (Å²) in [5.41, 5.74) is 3.56. The van der Waals surface area contributed by atoms with Crippen LogP contribution in [0.3, 0.4) is 0 Å². The van der Waals surface area contributed by atoms with Crippen molar-refractivity contribution in [1.82, 2.24) is 14.4 Å². The third-order valence-corrected chi connectivity index (χ3v) is 3.32. The quantitative estimate of drug-likeness (QED) is 0.524. The van der Waals surface area contributed by atoms with Crippen molar-refractivity contribution in [3.63, 3.8) is 0 Å². The summed E-state index contributed by atoms with van der Waals surface area (Å²) < 4.78 is 15.2. The van der Waals surface area contributed by atoms with Crippen molar-refractivity contribution in [1.29, 1.82) is 0 Å². The maximum Gasteiger partial charge on any atom is 0.234 e. The largest absolute Gasteiger partial charge is 0.283 e. The number of hydrogen-bond acceptors (Lipinski definition) is 2. The predicted molar refractivity (Wildman–Crippen MR) is 75.9 cm³/mol. The van der Waals surface area contributed by atoms with Crippen molar-refractivity contribution < 1.29 is 4.39 Å². The molecule has 4 aromatic rings. The first-order valence-electron chi connectivity index (χ1n) is 6.30. The average molecular weight is 263 g/mol. The Kier molecular flexibility index (Phi) is 2.29. The van der Waals surface area contributed by atoms with E-state index in [1.165, 1.54) is 12.1 Å². The van der Waals surface area contributed by atoms with Crippen LogP contribution < -0.4 is 0 Å². The SMILES string of the molecule is Fc1cccc(-c2cnc3nc4ccccc4n3c2)c1. The zero-order chi connectivity index (χ0) is 13.5. The monoisotopic (exact) mass is 263 g/mol. The van der Waals surface area contributed by atoms with E-state index in [-0.39, 0.29) is 5.82 Å². The van der Waals surface area contributed by atoms with Gasteiger partial charge in [-0.2, -0.15) is 0 Å². The van der Waals surface area contributed by atoms with E-state index in [4.69, 9.17) is 0 Å². The van der Waals surface area contributed by atoms with Gasteiger partial charge in [0.05, 0.1) is 11.0 Å². The Bertz CT molecular complexity index is 927. The van der Waals surface area contributed by atoms with Crippen LogP contribution in [0, 0.1) is 5.82 Å². The number of rotatable bonds is 1. The lowest BCUT2D eigenvalue weighted by Crippen LogP contribution is -1.90. The van der Waals surface area contributed by atoms with Crippen LogP contribution in [-0.2, 0) is 0 Å². The van der Waals surface area contributed by atoms with Crippen molar-refractivity contribution in [2.45, 2.75) is 0 Å². The van der Waals surface area contributed by atoms with Crippen LogP contribution in [0.25, 0.3) is 27.9 Å². The molecule has 0 saturated heterocycles. The van der Waals surface area contributed by atoms with Gasteiger partial charge in [0.25, 0.3) is 0 Å². The van der Waals surface area contributed by atoms with Crippen LogP contribution in [0.1, 0.15) is 0 Å². The van der Waals surface area contributed by atoms with Crippen LogP contribution in [0.4, 0.5) is 4.39 Å². The third-order valence-electron chi connectivity index (χ3n) is 3.32. The lowest BCUT2D eigenvalue weighted by Gasteiger charge is -2.02. The minimum absolute atomic E-state index is 0.252. The molecule has 0 unspecified atom stereocenters. The highest BCUT2D eigenvalue weighted by Crippen LogP contribution is 2.22. The second-order valence-electron chi connectivity index (χ2n) is 4.62. The molecule has 3 nitrogen and oxygen atoms in total. The van der Waals surface area contributed by atoms with Crippen LogP contribution in [-0.4, -0.2) is 14.4 Å². The van der Waals surface area contributed by atoms with Gasteiger partial charge in [-0.1, -0.05) is 24.3 Å². The number of fused-ring (bicyclic) bond motifs is 3. The fourth-order valence-electron chi connectivity index (χ4n) is 2.37. The molecule has 0 radical (unpaired) electrons. The highest BCUT2D eigenvalue weighted by Gasteiger charge is 2.07. The second-order valence-corrected chi connectivity index (χ2v) is 4.62. The molecule has 0 aliphatic carbocycles. The number of hydrogen-bond donors (Lipinski definition) is 0. The zero-order valence-electron chi connectivity index (χ0n) is 10.5. The van der Waals surface area contributed by atoms with Crippen LogP contribution >= 0.6 is 0 Å². The minimum atomic E-state index is -0.252. The Labute approximate surface area is 114 Å². The molecule has 0 atom stereocenters. The van der Waals surface area contributed by atoms with Gasteiger partial charge in [-0.15, -0.1) is 0 Å². The Morgan fingerprint density at radius 2 is 1.85 bits per heavy atom. The fraction of sp³-hybridized carbons (Fsp3) is 0. The van der Waals surface area contributed by atoms with E-state index in [1.54, 1.807) is 12.3 Å². The lowest BCUT2D eigenvalue weighted by atomic mass is 10.1. The van der Waals surface area contributed by atoms with Crippen molar-refractivity contribution in [3.05, 3.63) is 66.7 Å². The van der Waals surface area contributed by atoms with Gasteiger partial charge < -0.3 is 0 Å². The second kappa shape index (κ2) is 4.13. The summed E-state index contributed by atoms with van der Waals surface area (Å²) in [4.78, 5) is 8.80. The van der Waals surface area contributed by atoms with Crippen molar-refractivity contribution >= 4 is 16.8 Å². The van der Waals surface area contributed by atoms with Crippen LogP contribution in [0.15, 0.2) is 60.9 Å². The smallest absolute Gasteiger partial charge is 0.234 e. The maximum atomic E-state index is 13.3. The van der Waals surface area contributed by atoms with Crippen LogP contribution in [0.2, 0.25) is 0 Å². The number of benzene rings is 2. The fourth-order valence-corrected chi connectivity index (χ4v) is 2.37. The number of para-hydroxylation sites is 2. The van der Waals surface area contributed by atoms with E-state index in [0.29, 0.717) is 5.78 Å². The molecular weight excluding hydrogens is 253 g/mol. The summed E-state index contributed by atoms with van der Waals surface area (Å²) in [5.74, 6) is 0.393. The van der Waals surface area contributed by atoms with Crippen molar-refractivity contribution in [3.8, 4) is 11.1 Å². The van der Waals surface area contributed by atoms with Crippen molar-refractivity contribution in [2.24, 2.45) is 0 Å². The van der Waals surface area contributed by atoms with Gasteiger partial charge in [-0.05, 0) is 29.8 Å². The van der Waals surface area contributed by atoms with Gasteiger partial charge in [-0.3, -0.25) is 4.40 Å². The molecule has 2 aromatic carbocycles. The first kappa shape index (κ1) is 11.1. The topological polar surface area (TPSA) is 30.2 Å². The van der Waals surface area contributed by atoms with E-state index in [1.807, 2.05) is 40.9 Å². The minimum Gasteiger partial charge on any atom is -0.283 e. The maximum absolute atomic E-state index is 13.3. The van der Waals surface area contributed by atoms with Gasteiger partial charge in [0.1, 0.15) is 5.82 Å². The molecule has 0 N–H and O–H groups in total. The van der Waals surface area contributed by atoms with Gasteiger partial charge in [0.15, 0.2) is 0 Å². The normalized spacial score (nSPS) is 11.2. The average Bonchev–Trinajstić information content (AvgIpc) is 2.85. The zero-order valence-corrected chi connectivity index (χ0v) is 10.5. The molecule has 0 aliphatic rings. The molecule has 20 heavy (non-hydrogen) atoms. The Hall–Kier alpha value is -2.75. The summed E-state index contributed by atoms with van der Waals surface area (Å²) in [7, 11) is 0. The standard InChI is InChI=1S/C16H10FN3/c17-13-5-3-4-11(8-13)12-9-18-16-19-14-6-1-2-7-15(14)20(16)10-12/h1-10H. The van der Waals surface area contributed by atoms with E-state index in [2.05, 4.69) is 9.97 Å². The Balaban J connectivity index is 2.00. The lowest BCUT2D eigenvalue weighted by molar-refractivity contribution is 0.628.